The Bertz CT molecular complexity index is 4180. The molecule has 4 heterocycles. The lowest BCUT2D eigenvalue weighted by Gasteiger charge is -2.19. The molecule has 0 saturated carbocycles. The van der Waals surface area contributed by atoms with E-state index in [1.807, 2.05) is 24.3 Å². The number of rotatable bonds is 5. The third kappa shape index (κ3) is 5.31. The molecular formula is C62H36N6. The minimum absolute atomic E-state index is 0.536. The molecule has 0 aliphatic heterocycles. The maximum Gasteiger partial charge on any atom is 0.104 e. The average Bonchev–Trinajstić information content (AvgIpc) is 4.13. The van der Waals surface area contributed by atoms with Gasteiger partial charge in [-0.3, -0.25) is 0 Å². The number of fused-ring (bicyclic) bond motifs is 12. The van der Waals surface area contributed by atoms with E-state index in [9.17, 15) is 10.5 Å². The Morgan fingerprint density at radius 2 is 0.618 bits per heavy atom. The van der Waals surface area contributed by atoms with Crippen molar-refractivity contribution in [1.82, 2.24) is 18.3 Å². The van der Waals surface area contributed by atoms with Gasteiger partial charge in [0.15, 0.2) is 0 Å². The van der Waals surface area contributed by atoms with Crippen LogP contribution >= 0.6 is 0 Å². The molecule has 314 valence electrons. The van der Waals surface area contributed by atoms with Gasteiger partial charge in [-0.25, -0.2) is 0 Å². The monoisotopic (exact) mass is 864 g/mol. The summed E-state index contributed by atoms with van der Waals surface area (Å²) in [5.74, 6) is 0. The van der Waals surface area contributed by atoms with Crippen LogP contribution in [0, 0.1) is 22.7 Å². The third-order valence-electron chi connectivity index (χ3n) is 14.0. The number of aromatic nitrogens is 4. The first kappa shape index (κ1) is 37.7. The van der Waals surface area contributed by atoms with Crippen LogP contribution < -0.4 is 0 Å². The van der Waals surface area contributed by atoms with Gasteiger partial charge in [0, 0.05) is 54.5 Å². The first-order chi connectivity index (χ1) is 33.7. The fourth-order valence-electron chi connectivity index (χ4n) is 11.1. The second-order valence-electron chi connectivity index (χ2n) is 17.5. The molecule has 0 spiro atoms. The number of benzene rings is 10. The first-order valence-corrected chi connectivity index (χ1v) is 22.8. The van der Waals surface area contributed by atoms with Gasteiger partial charge < -0.3 is 18.3 Å². The highest BCUT2D eigenvalue weighted by molar-refractivity contribution is 6.14. The zero-order valence-electron chi connectivity index (χ0n) is 36.5. The summed E-state index contributed by atoms with van der Waals surface area (Å²) in [6.45, 7) is 0. The normalized spacial score (nSPS) is 11.8. The maximum absolute atomic E-state index is 11.6. The van der Waals surface area contributed by atoms with Crippen molar-refractivity contribution in [3.8, 4) is 46.0 Å². The molecular weight excluding hydrogens is 829 g/mol. The molecule has 14 aromatic rings. The van der Waals surface area contributed by atoms with Crippen molar-refractivity contribution in [2.24, 2.45) is 0 Å². The molecule has 0 atom stereocenters. The Morgan fingerprint density at radius 1 is 0.265 bits per heavy atom. The summed E-state index contributed by atoms with van der Waals surface area (Å²) in [5, 5.41) is 30.9. The standard InChI is InChI=1S/C62H36N6/c63-37-39-14-13-15-40(32-39)41-33-61(67-57-26-11-5-20-48(57)50-35-42(28-30-59(50)67)65-53-22-7-1-16-44(53)45-17-2-8-23-54(45)65)52(38-64)62(34-41)68-58-27-12-6-21-49(58)51-36-43(29-31-60(51)68)66-55-24-9-3-18-46(55)47-19-4-10-25-56(47)66/h1-36H. The van der Waals surface area contributed by atoms with E-state index in [2.05, 4.69) is 225 Å². The van der Waals surface area contributed by atoms with E-state index in [4.69, 9.17) is 0 Å². The van der Waals surface area contributed by atoms with Crippen LogP contribution in [-0.4, -0.2) is 18.3 Å². The number of para-hydroxylation sites is 6. The molecule has 0 bridgehead atoms. The van der Waals surface area contributed by atoms with Crippen LogP contribution in [-0.2, 0) is 0 Å². The van der Waals surface area contributed by atoms with Crippen molar-refractivity contribution in [2.75, 3.05) is 0 Å². The summed E-state index contributed by atoms with van der Waals surface area (Å²) in [6, 6.07) is 81.8. The zero-order valence-corrected chi connectivity index (χ0v) is 36.5. The SMILES string of the molecule is N#Cc1cccc(-c2cc(-n3c4ccccc4c4cc(-n5c6ccccc6c6ccccc65)ccc43)c(C#N)c(-n3c4ccccc4c4cc(-n5c6ccccc6c6ccccc65)ccc43)c2)c1. The lowest BCUT2D eigenvalue weighted by molar-refractivity contribution is 1.11. The van der Waals surface area contributed by atoms with Crippen molar-refractivity contribution in [3.05, 3.63) is 230 Å². The smallest absolute Gasteiger partial charge is 0.104 e. The predicted octanol–water partition coefficient (Wildman–Crippen LogP) is 15.5. The van der Waals surface area contributed by atoms with E-state index >= 15 is 0 Å². The van der Waals surface area contributed by atoms with E-state index in [0.29, 0.717) is 11.1 Å². The highest BCUT2D eigenvalue weighted by Gasteiger charge is 2.24. The van der Waals surface area contributed by atoms with E-state index in [1.54, 1.807) is 0 Å². The van der Waals surface area contributed by atoms with Gasteiger partial charge in [-0.15, -0.1) is 0 Å². The summed E-state index contributed by atoms with van der Waals surface area (Å²) in [6.07, 6.45) is 0. The average molecular weight is 865 g/mol. The van der Waals surface area contributed by atoms with Crippen molar-refractivity contribution >= 4 is 87.2 Å². The van der Waals surface area contributed by atoms with Gasteiger partial charge in [0.1, 0.15) is 11.6 Å². The van der Waals surface area contributed by atoms with Crippen LogP contribution in [0.3, 0.4) is 0 Å². The lowest BCUT2D eigenvalue weighted by Crippen LogP contribution is -2.05. The second-order valence-corrected chi connectivity index (χ2v) is 17.5. The highest BCUT2D eigenvalue weighted by Crippen LogP contribution is 2.43. The largest absolute Gasteiger partial charge is 0.309 e. The van der Waals surface area contributed by atoms with E-state index < -0.39 is 0 Å². The molecule has 10 aromatic carbocycles. The summed E-state index contributed by atoms with van der Waals surface area (Å²) in [4.78, 5) is 0. The van der Waals surface area contributed by atoms with Crippen LogP contribution in [0.2, 0.25) is 0 Å². The molecule has 0 amide bonds. The molecule has 0 fully saturated rings. The Balaban J connectivity index is 1.05. The summed E-state index contributed by atoms with van der Waals surface area (Å²) < 4.78 is 9.22. The summed E-state index contributed by atoms with van der Waals surface area (Å²) >= 11 is 0. The topological polar surface area (TPSA) is 67.3 Å². The minimum Gasteiger partial charge on any atom is -0.309 e. The first-order valence-electron chi connectivity index (χ1n) is 22.8. The molecule has 0 aliphatic carbocycles. The van der Waals surface area contributed by atoms with E-state index in [1.165, 1.54) is 21.5 Å². The molecule has 0 radical (unpaired) electrons. The van der Waals surface area contributed by atoms with Gasteiger partial charge in [-0.1, -0.05) is 121 Å². The molecule has 0 unspecified atom stereocenters. The minimum atomic E-state index is 0.536. The van der Waals surface area contributed by atoms with Crippen LogP contribution in [0.5, 0.6) is 0 Å². The summed E-state index contributed by atoms with van der Waals surface area (Å²) in [7, 11) is 0. The van der Waals surface area contributed by atoms with E-state index in [-0.39, 0.29) is 0 Å². The molecule has 14 rings (SSSR count). The van der Waals surface area contributed by atoms with Crippen LogP contribution in [0.1, 0.15) is 11.1 Å². The van der Waals surface area contributed by atoms with Crippen molar-refractivity contribution in [2.45, 2.75) is 0 Å². The van der Waals surface area contributed by atoms with Crippen LogP contribution in [0.15, 0.2) is 218 Å². The fourth-order valence-corrected chi connectivity index (χ4v) is 11.1. The second kappa shape index (κ2) is 14.4. The quantitative estimate of drug-likeness (QED) is 0.173. The van der Waals surface area contributed by atoms with Gasteiger partial charge >= 0.3 is 0 Å². The number of hydrogen-bond donors (Lipinski definition) is 0. The highest BCUT2D eigenvalue weighted by atomic mass is 15.0. The Morgan fingerprint density at radius 3 is 1.00 bits per heavy atom. The molecule has 68 heavy (non-hydrogen) atoms. The molecule has 6 nitrogen and oxygen atoms in total. The number of hydrogen-bond acceptors (Lipinski definition) is 2. The van der Waals surface area contributed by atoms with Gasteiger partial charge in [-0.2, -0.15) is 10.5 Å². The zero-order chi connectivity index (χ0) is 45.0. The molecule has 0 N–H and O–H groups in total. The van der Waals surface area contributed by atoms with Crippen LogP contribution in [0.25, 0.3) is 121 Å². The van der Waals surface area contributed by atoms with Gasteiger partial charge in [0.2, 0.25) is 0 Å². The Hall–Kier alpha value is -9.62. The van der Waals surface area contributed by atoms with E-state index in [0.717, 1.165) is 99.6 Å². The van der Waals surface area contributed by atoms with Crippen LogP contribution in [0.4, 0.5) is 0 Å². The fraction of sp³-hybridized carbons (Fsp3) is 0. The lowest BCUT2D eigenvalue weighted by atomic mass is 9.98. The van der Waals surface area contributed by atoms with Crippen molar-refractivity contribution in [3.63, 3.8) is 0 Å². The summed E-state index contributed by atoms with van der Waals surface area (Å²) in [5.41, 5.74) is 15.1. The molecule has 0 aliphatic rings. The third-order valence-corrected chi connectivity index (χ3v) is 14.0. The van der Waals surface area contributed by atoms with Gasteiger partial charge in [-0.05, 0) is 108 Å². The molecule has 4 aromatic heterocycles. The van der Waals surface area contributed by atoms with Gasteiger partial charge in [0.25, 0.3) is 0 Å². The molecule has 6 heteroatoms. The number of nitrogens with zero attached hydrogens (tertiary/aromatic N) is 6. The van der Waals surface area contributed by atoms with Crippen molar-refractivity contribution in [1.29, 1.82) is 10.5 Å². The maximum atomic E-state index is 11.6. The predicted molar refractivity (Wildman–Crippen MR) is 279 cm³/mol. The number of nitriles is 2. The Kier molecular flexibility index (Phi) is 8.01. The Labute approximate surface area is 389 Å². The van der Waals surface area contributed by atoms with Gasteiger partial charge in [0.05, 0.1) is 67.1 Å². The molecule has 0 saturated heterocycles. The van der Waals surface area contributed by atoms with Crippen molar-refractivity contribution < 1.29 is 0 Å².